The van der Waals surface area contributed by atoms with Gasteiger partial charge in [0, 0.05) is 13.1 Å². The van der Waals surface area contributed by atoms with E-state index in [1.807, 2.05) is 38.1 Å². The summed E-state index contributed by atoms with van der Waals surface area (Å²) in [6.45, 7) is 6.80. The van der Waals surface area contributed by atoms with Crippen molar-refractivity contribution in [3.8, 4) is 0 Å². The normalized spacial score (nSPS) is 10.2. The zero-order chi connectivity index (χ0) is 13.5. The Morgan fingerprint density at radius 3 is 2.28 bits per heavy atom. The van der Waals surface area contributed by atoms with Gasteiger partial charge in [0.15, 0.2) is 0 Å². The first-order chi connectivity index (χ1) is 8.52. The molecular weight excluding hydrogens is 226 g/mol. The molecule has 0 fully saturated rings. The summed E-state index contributed by atoms with van der Waals surface area (Å²) < 4.78 is 0. The topological polar surface area (TPSA) is 37.4 Å². The van der Waals surface area contributed by atoms with E-state index in [1.54, 1.807) is 4.90 Å². The van der Waals surface area contributed by atoms with Gasteiger partial charge in [-0.25, -0.2) is 0 Å². The monoisotopic (exact) mass is 247 g/mol. The molecule has 0 aliphatic heterocycles. The summed E-state index contributed by atoms with van der Waals surface area (Å²) in [5, 5.41) is 0. The number of aryl methyl sites for hydroxylation is 1. The minimum absolute atomic E-state index is 0.00581. The number of carbonyl (C=O) groups is 2. The summed E-state index contributed by atoms with van der Waals surface area (Å²) in [5.41, 5.74) is 2.31. The smallest absolute Gasteiger partial charge is 0.230 e. The van der Waals surface area contributed by atoms with Gasteiger partial charge in [-0.15, -0.1) is 0 Å². The lowest BCUT2D eigenvalue weighted by Crippen LogP contribution is -2.32. The molecule has 1 amide bonds. The molecule has 0 saturated carbocycles. The Morgan fingerprint density at radius 2 is 1.78 bits per heavy atom. The van der Waals surface area contributed by atoms with Crippen LogP contribution in [-0.4, -0.2) is 23.1 Å². The highest BCUT2D eigenvalue weighted by Crippen LogP contribution is 2.09. The summed E-state index contributed by atoms with van der Waals surface area (Å²) in [5.74, 6) is -0.157. The van der Waals surface area contributed by atoms with Crippen molar-refractivity contribution in [2.75, 3.05) is 6.54 Å². The fourth-order valence-electron chi connectivity index (χ4n) is 1.80. The molecule has 0 aromatic heterocycles. The molecule has 1 aromatic carbocycles. The van der Waals surface area contributed by atoms with Gasteiger partial charge in [0.05, 0.1) is 6.42 Å². The summed E-state index contributed by atoms with van der Waals surface area (Å²) >= 11 is 0. The number of ketones is 1. The van der Waals surface area contributed by atoms with E-state index in [1.165, 1.54) is 12.5 Å². The molecule has 0 heterocycles. The van der Waals surface area contributed by atoms with Crippen LogP contribution in [0.5, 0.6) is 0 Å². The second-order valence-electron chi connectivity index (χ2n) is 4.68. The summed E-state index contributed by atoms with van der Waals surface area (Å²) in [4.78, 5) is 24.7. The minimum Gasteiger partial charge on any atom is -0.338 e. The van der Waals surface area contributed by atoms with Gasteiger partial charge >= 0.3 is 0 Å². The van der Waals surface area contributed by atoms with Crippen molar-refractivity contribution < 1.29 is 9.59 Å². The fraction of sp³-hybridized carbons (Fsp3) is 0.467. The van der Waals surface area contributed by atoms with Gasteiger partial charge < -0.3 is 4.90 Å². The van der Waals surface area contributed by atoms with Crippen LogP contribution in [0.4, 0.5) is 0 Å². The van der Waals surface area contributed by atoms with Crippen LogP contribution in [0.25, 0.3) is 0 Å². The Labute approximate surface area is 109 Å². The largest absolute Gasteiger partial charge is 0.338 e. The molecule has 1 aromatic rings. The molecule has 0 bridgehead atoms. The Balaban J connectivity index is 2.70. The highest BCUT2D eigenvalue weighted by molar-refractivity contribution is 5.96. The number of hydrogen-bond acceptors (Lipinski definition) is 2. The molecule has 18 heavy (non-hydrogen) atoms. The molecule has 0 N–H and O–H groups in total. The Bertz CT molecular complexity index is 409. The van der Waals surface area contributed by atoms with Gasteiger partial charge in [0.2, 0.25) is 5.91 Å². The minimum atomic E-state index is -0.0788. The van der Waals surface area contributed by atoms with E-state index in [0.717, 1.165) is 12.0 Å². The van der Waals surface area contributed by atoms with Crippen LogP contribution in [0.15, 0.2) is 24.3 Å². The van der Waals surface area contributed by atoms with Crippen LogP contribution >= 0.6 is 0 Å². The Hall–Kier alpha value is -1.64. The Morgan fingerprint density at radius 1 is 1.17 bits per heavy atom. The maximum atomic E-state index is 11.9. The quantitative estimate of drug-likeness (QED) is 0.725. The standard InChI is InChI=1S/C15H21NO2/c1-4-9-16(15(18)10-13(3)17)11-14-7-5-12(2)6-8-14/h5-8H,4,9-11H2,1-3H3. The molecule has 0 saturated heterocycles. The number of carbonyl (C=O) groups excluding carboxylic acids is 2. The average molecular weight is 247 g/mol. The van der Waals surface area contributed by atoms with Gasteiger partial charge in [0.1, 0.15) is 5.78 Å². The summed E-state index contributed by atoms with van der Waals surface area (Å²) in [6.07, 6.45) is 0.904. The third-order valence-electron chi connectivity index (χ3n) is 2.74. The van der Waals surface area contributed by atoms with E-state index in [2.05, 4.69) is 0 Å². The van der Waals surface area contributed by atoms with Crippen LogP contribution in [0.3, 0.4) is 0 Å². The zero-order valence-electron chi connectivity index (χ0n) is 11.4. The molecule has 0 unspecified atom stereocenters. The molecular formula is C15H21NO2. The zero-order valence-corrected chi connectivity index (χ0v) is 11.4. The molecule has 0 aliphatic rings. The first kappa shape index (κ1) is 14.4. The van der Waals surface area contributed by atoms with Crippen LogP contribution < -0.4 is 0 Å². The number of hydrogen-bond donors (Lipinski definition) is 0. The van der Waals surface area contributed by atoms with Crippen molar-refractivity contribution in [3.63, 3.8) is 0 Å². The third-order valence-corrected chi connectivity index (χ3v) is 2.74. The maximum Gasteiger partial charge on any atom is 0.230 e. The second kappa shape index (κ2) is 6.94. The SMILES string of the molecule is CCCN(Cc1ccc(C)cc1)C(=O)CC(C)=O. The summed E-state index contributed by atoms with van der Waals surface area (Å²) in [7, 11) is 0. The van der Waals surface area contributed by atoms with Crippen molar-refractivity contribution in [2.24, 2.45) is 0 Å². The van der Waals surface area contributed by atoms with Crippen molar-refractivity contribution in [2.45, 2.75) is 40.2 Å². The lowest BCUT2D eigenvalue weighted by Gasteiger charge is -2.22. The second-order valence-corrected chi connectivity index (χ2v) is 4.68. The van der Waals surface area contributed by atoms with Gasteiger partial charge in [-0.3, -0.25) is 9.59 Å². The first-order valence-corrected chi connectivity index (χ1v) is 6.35. The lowest BCUT2D eigenvalue weighted by atomic mass is 10.1. The van der Waals surface area contributed by atoms with Crippen LogP contribution in [0, 0.1) is 6.92 Å². The third kappa shape index (κ3) is 4.70. The lowest BCUT2D eigenvalue weighted by molar-refractivity contribution is -0.135. The Kier molecular flexibility index (Phi) is 5.56. The van der Waals surface area contributed by atoms with E-state index in [0.29, 0.717) is 13.1 Å². The molecule has 0 atom stereocenters. The molecule has 3 nitrogen and oxygen atoms in total. The van der Waals surface area contributed by atoms with Gasteiger partial charge in [-0.05, 0) is 25.8 Å². The van der Waals surface area contributed by atoms with Gasteiger partial charge in [-0.1, -0.05) is 36.8 Å². The molecule has 1 rings (SSSR count). The molecule has 98 valence electrons. The number of Topliss-reactive ketones (excluding diaryl/α,β-unsaturated/α-hetero) is 1. The predicted molar refractivity (Wildman–Crippen MR) is 72.2 cm³/mol. The number of rotatable bonds is 6. The molecule has 0 radical (unpaired) electrons. The predicted octanol–water partition coefficient (Wildman–Crippen LogP) is 2.71. The fourth-order valence-corrected chi connectivity index (χ4v) is 1.80. The van der Waals surface area contributed by atoms with Crippen molar-refractivity contribution in [1.29, 1.82) is 0 Å². The van der Waals surface area contributed by atoms with E-state index < -0.39 is 0 Å². The number of benzene rings is 1. The van der Waals surface area contributed by atoms with Gasteiger partial charge in [-0.2, -0.15) is 0 Å². The maximum absolute atomic E-state index is 11.9. The van der Waals surface area contributed by atoms with Gasteiger partial charge in [0.25, 0.3) is 0 Å². The van der Waals surface area contributed by atoms with E-state index >= 15 is 0 Å². The van der Waals surface area contributed by atoms with Crippen molar-refractivity contribution in [1.82, 2.24) is 4.90 Å². The van der Waals surface area contributed by atoms with Crippen LogP contribution in [0.1, 0.15) is 37.8 Å². The highest BCUT2D eigenvalue weighted by atomic mass is 16.2. The number of nitrogens with zero attached hydrogens (tertiary/aromatic N) is 1. The van der Waals surface area contributed by atoms with E-state index in [9.17, 15) is 9.59 Å². The first-order valence-electron chi connectivity index (χ1n) is 6.35. The molecule has 0 aliphatic carbocycles. The molecule has 0 spiro atoms. The van der Waals surface area contributed by atoms with Crippen LogP contribution in [0.2, 0.25) is 0 Å². The highest BCUT2D eigenvalue weighted by Gasteiger charge is 2.14. The van der Waals surface area contributed by atoms with Crippen molar-refractivity contribution in [3.05, 3.63) is 35.4 Å². The van der Waals surface area contributed by atoms with Crippen molar-refractivity contribution >= 4 is 11.7 Å². The van der Waals surface area contributed by atoms with E-state index in [4.69, 9.17) is 0 Å². The average Bonchev–Trinajstić information content (AvgIpc) is 2.30. The molecule has 3 heteroatoms. The summed E-state index contributed by atoms with van der Waals surface area (Å²) in [6, 6.07) is 8.13. The number of amides is 1. The van der Waals surface area contributed by atoms with Crippen LogP contribution in [-0.2, 0) is 16.1 Å². The van der Waals surface area contributed by atoms with E-state index in [-0.39, 0.29) is 18.1 Å².